The highest BCUT2D eigenvalue weighted by molar-refractivity contribution is 5.87. The first-order valence-electron chi connectivity index (χ1n) is 4.74. The number of rotatable bonds is 3. The lowest BCUT2D eigenvalue weighted by molar-refractivity contribution is -0.117. The van der Waals surface area contributed by atoms with Crippen LogP contribution in [0.3, 0.4) is 0 Å². The number of amides is 1. The van der Waals surface area contributed by atoms with Gasteiger partial charge >= 0.3 is 0 Å². The molecule has 0 bridgehead atoms. The summed E-state index contributed by atoms with van der Waals surface area (Å²) in [5.74, 6) is 0.469. The molecule has 74 valence electrons. The molecule has 13 heavy (non-hydrogen) atoms. The Morgan fingerprint density at radius 1 is 1.62 bits per heavy atom. The van der Waals surface area contributed by atoms with E-state index in [-0.39, 0.29) is 11.9 Å². The molecule has 1 amide bonds. The lowest BCUT2D eigenvalue weighted by Gasteiger charge is -2.27. The summed E-state index contributed by atoms with van der Waals surface area (Å²) in [6, 6.07) is 0.231. The molecule has 1 heterocycles. The molecule has 1 fully saturated rings. The van der Waals surface area contributed by atoms with Gasteiger partial charge in [-0.25, -0.2) is 0 Å². The first-order chi connectivity index (χ1) is 6.24. The Balaban J connectivity index is 2.32. The number of carbonyl (C=O) groups excluding carboxylic acids is 1. The summed E-state index contributed by atoms with van der Waals surface area (Å²) in [5.41, 5.74) is 0. The van der Waals surface area contributed by atoms with Crippen molar-refractivity contribution in [1.82, 2.24) is 5.32 Å². The van der Waals surface area contributed by atoms with Gasteiger partial charge in [-0.3, -0.25) is 4.79 Å². The molecule has 1 aliphatic heterocycles. The van der Waals surface area contributed by atoms with E-state index >= 15 is 0 Å². The lowest BCUT2D eigenvalue weighted by Crippen LogP contribution is -2.39. The molecular weight excluding hydrogens is 166 g/mol. The van der Waals surface area contributed by atoms with Crippen LogP contribution in [0.1, 0.15) is 19.8 Å². The number of carbonyl (C=O) groups is 1. The average Bonchev–Trinajstić information content (AvgIpc) is 2.19. The van der Waals surface area contributed by atoms with Gasteiger partial charge in [-0.2, -0.15) is 0 Å². The second kappa shape index (κ2) is 5.02. The summed E-state index contributed by atoms with van der Waals surface area (Å²) >= 11 is 0. The van der Waals surface area contributed by atoms with Gasteiger partial charge in [0.1, 0.15) is 0 Å². The van der Waals surface area contributed by atoms with Crippen molar-refractivity contribution in [3.05, 3.63) is 12.7 Å². The van der Waals surface area contributed by atoms with Crippen molar-refractivity contribution in [2.24, 2.45) is 5.92 Å². The van der Waals surface area contributed by atoms with Gasteiger partial charge in [0.15, 0.2) is 0 Å². The Bertz CT molecular complexity index is 185. The molecule has 1 N–H and O–H groups in total. The van der Waals surface area contributed by atoms with E-state index < -0.39 is 0 Å². The summed E-state index contributed by atoms with van der Waals surface area (Å²) in [6.07, 6.45) is 3.40. The van der Waals surface area contributed by atoms with Gasteiger partial charge in [0, 0.05) is 19.3 Å². The van der Waals surface area contributed by atoms with Crippen molar-refractivity contribution in [3.8, 4) is 0 Å². The third-order valence-corrected chi connectivity index (χ3v) is 2.53. The van der Waals surface area contributed by atoms with Gasteiger partial charge in [0.2, 0.25) is 5.91 Å². The minimum atomic E-state index is -0.0843. The normalized spacial score (nSPS) is 20.7. The molecular formula is C10H17NO2. The number of hydrogen-bond acceptors (Lipinski definition) is 2. The van der Waals surface area contributed by atoms with Crippen molar-refractivity contribution < 1.29 is 9.53 Å². The summed E-state index contributed by atoms with van der Waals surface area (Å²) in [5, 5.41) is 2.89. The monoisotopic (exact) mass is 183 g/mol. The summed E-state index contributed by atoms with van der Waals surface area (Å²) in [6.45, 7) is 7.10. The first-order valence-corrected chi connectivity index (χ1v) is 4.74. The van der Waals surface area contributed by atoms with Crippen LogP contribution in [0.5, 0.6) is 0 Å². The second-order valence-electron chi connectivity index (χ2n) is 3.45. The molecule has 1 saturated heterocycles. The van der Waals surface area contributed by atoms with Crippen molar-refractivity contribution >= 4 is 5.91 Å². The van der Waals surface area contributed by atoms with Crippen molar-refractivity contribution in [3.63, 3.8) is 0 Å². The summed E-state index contributed by atoms with van der Waals surface area (Å²) < 4.78 is 5.25. The van der Waals surface area contributed by atoms with Gasteiger partial charge < -0.3 is 10.1 Å². The van der Waals surface area contributed by atoms with Gasteiger partial charge in [-0.15, -0.1) is 0 Å². The van der Waals surface area contributed by atoms with Crippen LogP contribution in [-0.4, -0.2) is 25.2 Å². The highest BCUT2D eigenvalue weighted by Crippen LogP contribution is 2.18. The maximum Gasteiger partial charge on any atom is 0.243 e. The third kappa shape index (κ3) is 3.19. The smallest absolute Gasteiger partial charge is 0.243 e. The average molecular weight is 183 g/mol. The van der Waals surface area contributed by atoms with Crippen LogP contribution in [0.4, 0.5) is 0 Å². The molecule has 1 aliphatic rings. The standard InChI is InChI=1S/C10H17NO2/c1-3-10(12)11-8(2)9-4-6-13-7-5-9/h3,8-9H,1,4-7H2,2H3,(H,11,12)/t8-/m1/s1. The molecule has 0 spiro atoms. The van der Waals surface area contributed by atoms with Crippen molar-refractivity contribution in [2.75, 3.05) is 13.2 Å². The van der Waals surface area contributed by atoms with E-state index in [1.807, 2.05) is 6.92 Å². The largest absolute Gasteiger partial charge is 0.381 e. The zero-order valence-electron chi connectivity index (χ0n) is 8.08. The quantitative estimate of drug-likeness (QED) is 0.665. The highest BCUT2D eigenvalue weighted by atomic mass is 16.5. The zero-order chi connectivity index (χ0) is 9.68. The lowest BCUT2D eigenvalue weighted by atomic mass is 9.93. The van der Waals surface area contributed by atoms with Gasteiger partial charge in [-0.1, -0.05) is 6.58 Å². The fourth-order valence-electron chi connectivity index (χ4n) is 1.62. The number of nitrogens with one attached hydrogen (secondary N) is 1. The van der Waals surface area contributed by atoms with Crippen LogP contribution in [0.15, 0.2) is 12.7 Å². The van der Waals surface area contributed by atoms with Crippen LogP contribution in [0, 0.1) is 5.92 Å². The van der Waals surface area contributed by atoms with E-state index in [0.29, 0.717) is 5.92 Å². The van der Waals surface area contributed by atoms with Gasteiger partial charge in [0.25, 0.3) is 0 Å². The molecule has 0 saturated carbocycles. The van der Waals surface area contributed by atoms with Crippen molar-refractivity contribution in [2.45, 2.75) is 25.8 Å². The van der Waals surface area contributed by atoms with Gasteiger partial charge in [0.05, 0.1) is 0 Å². The molecule has 3 nitrogen and oxygen atoms in total. The summed E-state index contributed by atoms with van der Waals surface area (Å²) in [4.78, 5) is 11.0. The topological polar surface area (TPSA) is 38.3 Å². The van der Waals surface area contributed by atoms with Crippen LogP contribution < -0.4 is 5.32 Å². The SMILES string of the molecule is C=CC(=O)N[C@H](C)C1CCOCC1. The third-order valence-electron chi connectivity index (χ3n) is 2.53. The van der Waals surface area contributed by atoms with E-state index in [1.54, 1.807) is 0 Å². The van der Waals surface area contributed by atoms with E-state index in [9.17, 15) is 4.79 Å². The number of hydrogen-bond donors (Lipinski definition) is 1. The molecule has 0 aromatic rings. The van der Waals surface area contributed by atoms with E-state index in [2.05, 4.69) is 11.9 Å². The fraction of sp³-hybridized carbons (Fsp3) is 0.700. The predicted octanol–water partition coefficient (Wildman–Crippen LogP) is 1.10. The Labute approximate surface area is 79.2 Å². The molecule has 0 unspecified atom stereocenters. The highest BCUT2D eigenvalue weighted by Gasteiger charge is 2.20. The molecule has 3 heteroatoms. The molecule has 1 atom stereocenters. The minimum Gasteiger partial charge on any atom is -0.381 e. The van der Waals surface area contributed by atoms with Crippen LogP contribution in [0.25, 0.3) is 0 Å². The second-order valence-corrected chi connectivity index (χ2v) is 3.45. The Morgan fingerprint density at radius 2 is 2.23 bits per heavy atom. The van der Waals surface area contributed by atoms with Crippen LogP contribution in [-0.2, 0) is 9.53 Å². The molecule has 0 aromatic heterocycles. The Kier molecular flexibility index (Phi) is 3.96. The summed E-state index contributed by atoms with van der Waals surface area (Å²) in [7, 11) is 0. The van der Waals surface area contributed by atoms with E-state index in [4.69, 9.17) is 4.74 Å². The van der Waals surface area contributed by atoms with Crippen LogP contribution in [0.2, 0.25) is 0 Å². The molecule has 0 aliphatic carbocycles. The maximum atomic E-state index is 11.0. The predicted molar refractivity (Wildman–Crippen MR) is 51.3 cm³/mol. The maximum absolute atomic E-state index is 11.0. The minimum absolute atomic E-state index is 0.0843. The fourth-order valence-corrected chi connectivity index (χ4v) is 1.62. The number of ether oxygens (including phenoxy) is 1. The molecule has 0 radical (unpaired) electrons. The van der Waals surface area contributed by atoms with E-state index in [0.717, 1.165) is 26.1 Å². The van der Waals surface area contributed by atoms with Crippen molar-refractivity contribution in [1.29, 1.82) is 0 Å². The first kappa shape index (κ1) is 10.3. The molecule has 0 aromatic carbocycles. The van der Waals surface area contributed by atoms with E-state index in [1.165, 1.54) is 6.08 Å². The van der Waals surface area contributed by atoms with Crippen LogP contribution >= 0.6 is 0 Å². The van der Waals surface area contributed by atoms with Gasteiger partial charge in [-0.05, 0) is 31.8 Å². The zero-order valence-corrected chi connectivity index (χ0v) is 8.08. The molecule has 1 rings (SSSR count). The Morgan fingerprint density at radius 3 is 2.77 bits per heavy atom. The Hall–Kier alpha value is -0.830.